The van der Waals surface area contributed by atoms with Gasteiger partial charge in [0.2, 0.25) is 5.28 Å². The number of rotatable bonds is 5. The Kier molecular flexibility index (Phi) is 5.91. The molecule has 0 saturated carbocycles. The predicted molar refractivity (Wildman–Crippen MR) is 110 cm³/mol. The van der Waals surface area contributed by atoms with Crippen LogP contribution in [0.2, 0.25) is 28.6 Å². The summed E-state index contributed by atoms with van der Waals surface area (Å²) in [5.41, 5.74) is 9.87. The zero-order valence-electron chi connectivity index (χ0n) is 16.4. The molecule has 3 rings (SSSR count). The maximum absolute atomic E-state index is 8.96. The number of nitrogens with zero attached hydrogens (tertiary/aromatic N) is 7. The molecule has 0 spiro atoms. The standard InChI is InChI=1S/C16H23Cl2N7O2Si/c1-16(2,3)28(4,5)26-7-10-9(23-24-19)6-11(27-10)25-8-20-12-13(17)21-15(18)22-14(12)25/h8-11H,6-7H2,1-5H3/t9-,10+,11+/m1/s1. The molecule has 28 heavy (non-hydrogen) atoms. The Labute approximate surface area is 174 Å². The lowest BCUT2D eigenvalue weighted by Gasteiger charge is -2.37. The fourth-order valence-corrected chi connectivity index (χ4v) is 4.23. The first-order chi connectivity index (χ1) is 13.0. The first-order valence-corrected chi connectivity index (χ1v) is 12.6. The minimum atomic E-state index is -1.96. The number of fused-ring (bicyclic) bond motifs is 1. The molecule has 1 aliphatic heterocycles. The van der Waals surface area contributed by atoms with Crippen molar-refractivity contribution < 1.29 is 9.16 Å². The van der Waals surface area contributed by atoms with Crippen LogP contribution in [0.3, 0.4) is 0 Å². The van der Waals surface area contributed by atoms with Gasteiger partial charge >= 0.3 is 0 Å². The molecule has 9 nitrogen and oxygen atoms in total. The normalized spacial score (nSPS) is 23.2. The summed E-state index contributed by atoms with van der Waals surface area (Å²) in [6.45, 7) is 11.2. The molecule has 12 heteroatoms. The lowest BCUT2D eigenvalue weighted by Crippen LogP contribution is -2.43. The van der Waals surface area contributed by atoms with E-state index in [4.69, 9.17) is 37.9 Å². The molecular formula is C16H23Cl2N7O2Si. The van der Waals surface area contributed by atoms with Gasteiger partial charge < -0.3 is 9.16 Å². The maximum Gasteiger partial charge on any atom is 0.225 e. The van der Waals surface area contributed by atoms with E-state index in [0.717, 1.165) is 0 Å². The van der Waals surface area contributed by atoms with Gasteiger partial charge in [0, 0.05) is 11.3 Å². The van der Waals surface area contributed by atoms with Crippen LogP contribution in [0.1, 0.15) is 33.4 Å². The first-order valence-electron chi connectivity index (χ1n) is 8.92. The molecule has 0 unspecified atom stereocenters. The third-order valence-corrected chi connectivity index (χ3v) is 10.4. The Hall–Kier alpha value is -1.42. The van der Waals surface area contributed by atoms with Crippen LogP contribution in [0.5, 0.6) is 0 Å². The lowest BCUT2D eigenvalue weighted by atomic mass is 10.1. The van der Waals surface area contributed by atoms with E-state index in [0.29, 0.717) is 24.2 Å². The molecule has 0 radical (unpaired) electrons. The van der Waals surface area contributed by atoms with Gasteiger partial charge in [0.05, 0.1) is 25.1 Å². The monoisotopic (exact) mass is 443 g/mol. The van der Waals surface area contributed by atoms with Crippen molar-refractivity contribution in [2.24, 2.45) is 5.11 Å². The minimum Gasteiger partial charge on any atom is -0.414 e. The third kappa shape index (κ3) is 4.12. The van der Waals surface area contributed by atoms with E-state index in [1.807, 2.05) is 0 Å². The van der Waals surface area contributed by atoms with Crippen molar-refractivity contribution in [2.75, 3.05) is 6.61 Å². The van der Waals surface area contributed by atoms with Crippen LogP contribution in [-0.2, 0) is 9.16 Å². The van der Waals surface area contributed by atoms with E-state index in [1.165, 1.54) is 0 Å². The van der Waals surface area contributed by atoms with Crippen molar-refractivity contribution in [3.63, 3.8) is 0 Å². The van der Waals surface area contributed by atoms with Crippen molar-refractivity contribution in [1.82, 2.24) is 19.5 Å². The Morgan fingerprint density at radius 2 is 2.11 bits per heavy atom. The van der Waals surface area contributed by atoms with Gasteiger partial charge in [-0.05, 0) is 35.3 Å². The summed E-state index contributed by atoms with van der Waals surface area (Å²) in [6.07, 6.45) is 1.27. The number of aromatic nitrogens is 4. The van der Waals surface area contributed by atoms with Crippen molar-refractivity contribution in [3.8, 4) is 0 Å². The maximum atomic E-state index is 8.96. The van der Waals surface area contributed by atoms with Gasteiger partial charge in [-0.25, -0.2) is 9.97 Å². The summed E-state index contributed by atoms with van der Waals surface area (Å²) in [6, 6.07) is -0.356. The zero-order chi connectivity index (χ0) is 20.7. The largest absolute Gasteiger partial charge is 0.414 e. The van der Waals surface area contributed by atoms with Crippen LogP contribution in [0.15, 0.2) is 11.4 Å². The Morgan fingerprint density at radius 1 is 1.39 bits per heavy atom. The molecule has 0 aliphatic carbocycles. The Morgan fingerprint density at radius 3 is 2.75 bits per heavy atom. The van der Waals surface area contributed by atoms with Gasteiger partial charge in [0.25, 0.3) is 0 Å². The van der Waals surface area contributed by atoms with E-state index >= 15 is 0 Å². The van der Waals surface area contributed by atoms with Crippen molar-refractivity contribution >= 4 is 42.7 Å². The summed E-state index contributed by atoms with van der Waals surface area (Å²) in [5.74, 6) is 0. The van der Waals surface area contributed by atoms with Gasteiger partial charge in [-0.15, -0.1) is 0 Å². The second-order valence-electron chi connectivity index (χ2n) is 8.32. The molecule has 2 aromatic heterocycles. The smallest absolute Gasteiger partial charge is 0.225 e. The SMILES string of the molecule is CC(C)(C)[Si](C)(C)OC[C@@H]1O[C@H](n2cnc3c(Cl)nc(Cl)nc32)C[C@H]1N=[N+]=[N-]. The average molecular weight is 444 g/mol. The number of azide groups is 1. The van der Waals surface area contributed by atoms with E-state index in [9.17, 15) is 0 Å². The van der Waals surface area contributed by atoms with Crippen molar-refractivity contribution in [2.45, 2.75) is 63.7 Å². The van der Waals surface area contributed by atoms with Crippen molar-refractivity contribution in [3.05, 3.63) is 27.2 Å². The summed E-state index contributed by atoms with van der Waals surface area (Å²) in [4.78, 5) is 15.4. The van der Waals surface area contributed by atoms with Crippen LogP contribution in [0.25, 0.3) is 21.6 Å². The van der Waals surface area contributed by atoms with Crippen LogP contribution in [-0.4, -0.2) is 46.6 Å². The van der Waals surface area contributed by atoms with Crippen LogP contribution in [0, 0.1) is 0 Å². The molecule has 1 fully saturated rings. The first kappa shape index (κ1) is 21.3. The molecule has 0 aromatic carbocycles. The predicted octanol–water partition coefficient (Wildman–Crippen LogP) is 5.12. The van der Waals surface area contributed by atoms with Crippen LogP contribution in [0.4, 0.5) is 0 Å². The van der Waals surface area contributed by atoms with E-state index in [-0.39, 0.29) is 27.6 Å². The molecule has 3 heterocycles. The average Bonchev–Trinajstić information content (AvgIpc) is 3.16. The zero-order valence-corrected chi connectivity index (χ0v) is 18.9. The molecule has 2 aromatic rings. The number of imidazole rings is 1. The van der Waals surface area contributed by atoms with Gasteiger partial charge in [0.15, 0.2) is 19.1 Å². The second kappa shape index (κ2) is 7.77. The topological polar surface area (TPSA) is 111 Å². The number of hydrogen-bond donors (Lipinski definition) is 0. The summed E-state index contributed by atoms with van der Waals surface area (Å²) in [5, 5.41) is 4.20. The quantitative estimate of drug-likeness (QED) is 0.159. The van der Waals surface area contributed by atoms with Crippen molar-refractivity contribution in [1.29, 1.82) is 0 Å². The Bertz CT molecular complexity index is 924. The van der Waals surface area contributed by atoms with E-state index in [1.54, 1.807) is 10.9 Å². The molecule has 0 amide bonds. The highest BCUT2D eigenvalue weighted by Crippen LogP contribution is 2.39. The molecule has 1 saturated heterocycles. The number of hydrogen-bond acceptors (Lipinski definition) is 6. The molecule has 1 aliphatic rings. The molecule has 0 bridgehead atoms. The molecular weight excluding hydrogens is 421 g/mol. The highest BCUT2D eigenvalue weighted by Gasteiger charge is 2.41. The molecule has 3 atom stereocenters. The highest BCUT2D eigenvalue weighted by molar-refractivity contribution is 6.74. The van der Waals surface area contributed by atoms with Gasteiger partial charge in [-0.3, -0.25) is 4.57 Å². The van der Waals surface area contributed by atoms with Gasteiger partial charge in [-0.2, -0.15) is 4.98 Å². The summed E-state index contributed by atoms with van der Waals surface area (Å²) >= 11 is 12.0. The lowest BCUT2D eigenvalue weighted by molar-refractivity contribution is -0.0207. The molecule has 152 valence electrons. The Balaban J connectivity index is 1.83. The summed E-state index contributed by atoms with van der Waals surface area (Å²) in [7, 11) is -1.96. The van der Waals surface area contributed by atoms with Crippen LogP contribution < -0.4 is 0 Å². The number of ether oxygens (including phenoxy) is 1. The van der Waals surface area contributed by atoms with Gasteiger partial charge in [-0.1, -0.05) is 37.5 Å². The number of halogens is 2. The second-order valence-corrected chi connectivity index (χ2v) is 13.8. The minimum absolute atomic E-state index is 0.0293. The fraction of sp³-hybridized carbons (Fsp3) is 0.688. The van der Waals surface area contributed by atoms with Crippen LogP contribution >= 0.6 is 23.2 Å². The molecule has 0 N–H and O–H groups in total. The van der Waals surface area contributed by atoms with Gasteiger partial charge in [0.1, 0.15) is 11.7 Å². The fourth-order valence-electron chi connectivity index (χ4n) is 2.80. The van der Waals surface area contributed by atoms with E-state index in [2.05, 4.69) is 58.8 Å². The third-order valence-electron chi connectivity index (χ3n) is 5.48. The van der Waals surface area contributed by atoms with E-state index < -0.39 is 14.5 Å². The summed E-state index contributed by atoms with van der Waals surface area (Å²) < 4.78 is 14.2. The highest BCUT2D eigenvalue weighted by atomic mass is 35.5.